The Balaban J connectivity index is 1.38. The predicted molar refractivity (Wildman–Crippen MR) is 98.2 cm³/mol. The standard InChI is InChI=1S/C19H14N6O2/c1-6-17-18(27-12-26-17)11-13(1)16-7-8-20-19(23-16)22-14-2-4-15(5-3-14)25-10-9-21-24-25/h1-11H,12H2,(H,20,22,23). The average Bonchev–Trinajstić information content (AvgIpc) is 3.40. The van der Waals surface area contributed by atoms with Crippen LogP contribution in [-0.2, 0) is 0 Å². The normalized spacial score (nSPS) is 12.1. The second-order valence-electron chi connectivity index (χ2n) is 5.85. The number of fused-ring (bicyclic) bond motifs is 1. The van der Waals surface area contributed by atoms with Crippen LogP contribution in [0.5, 0.6) is 11.5 Å². The molecule has 0 saturated carbocycles. The Morgan fingerprint density at radius 2 is 1.81 bits per heavy atom. The SMILES string of the molecule is c1cn(-c2ccc(Nc3nccc(-c4ccc5c(c4)OCO5)n3)cc2)nn1. The molecular formula is C19H14N6O2. The highest BCUT2D eigenvalue weighted by molar-refractivity contribution is 5.66. The van der Waals surface area contributed by atoms with Crippen LogP contribution in [0, 0.1) is 0 Å². The summed E-state index contributed by atoms with van der Waals surface area (Å²) in [7, 11) is 0. The summed E-state index contributed by atoms with van der Waals surface area (Å²) in [6.45, 7) is 0.250. The van der Waals surface area contributed by atoms with Gasteiger partial charge in [-0.1, -0.05) is 5.21 Å². The zero-order chi connectivity index (χ0) is 18.1. The van der Waals surface area contributed by atoms with E-state index in [-0.39, 0.29) is 6.79 Å². The summed E-state index contributed by atoms with van der Waals surface area (Å²) in [6, 6.07) is 15.4. The third kappa shape index (κ3) is 3.04. The molecule has 4 aromatic rings. The van der Waals surface area contributed by atoms with Crippen molar-refractivity contribution in [3.63, 3.8) is 0 Å². The van der Waals surface area contributed by atoms with Gasteiger partial charge in [0.1, 0.15) is 0 Å². The number of nitrogens with one attached hydrogen (secondary N) is 1. The molecule has 0 amide bonds. The molecular weight excluding hydrogens is 344 g/mol. The van der Waals surface area contributed by atoms with E-state index >= 15 is 0 Å². The van der Waals surface area contributed by atoms with Gasteiger partial charge >= 0.3 is 0 Å². The molecule has 8 nitrogen and oxygen atoms in total. The smallest absolute Gasteiger partial charge is 0.231 e. The van der Waals surface area contributed by atoms with E-state index in [1.165, 1.54) is 0 Å². The van der Waals surface area contributed by atoms with E-state index in [2.05, 4.69) is 25.6 Å². The van der Waals surface area contributed by atoms with Crippen LogP contribution < -0.4 is 14.8 Å². The Morgan fingerprint density at radius 1 is 0.926 bits per heavy atom. The molecule has 2 aromatic heterocycles. The van der Waals surface area contributed by atoms with E-state index < -0.39 is 0 Å². The molecule has 1 aliphatic rings. The Kier molecular flexibility index (Phi) is 3.64. The third-order valence-electron chi connectivity index (χ3n) is 4.13. The lowest BCUT2D eigenvalue weighted by Gasteiger charge is -2.08. The van der Waals surface area contributed by atoms with Crippen LogP contribution in [0.2, 0.25) is 0 Å². The minimum absolute atomic E-state index is 0.250. The minimum atomic E-state index is 0.250. The monoisotopic (exact) mass is 358 g/mol. The van der Waals surface area contributed by atoms with Crippen molar-refractivity contribution in [3.8, 4) is 28.4 Å². The number of benzene rings is 2. The molecule has 8 heteroatoms. The predicted octanol–water partition coefficient (Wildman–Crippen LogP) is 3.20. The Hall–Kier alpha value is -3.94. The molecule has 0 spiro atoms. The van der Waals surface area contributed by atoms with Crippen molar-refractivity contribution in [1.82, 2.24) is 25.0 Å². The van der Waals surface area contributed by atoms with Crippen molar-refractivity contribution in [2.45, 2.75) is 0 Å². The highest BCUT2D eigenvalue weighted by Crippen LogP contribution is 2.35. The summed E-state index contributed by atoms with van der Waals surface area (Å²) in [4.78, 5) is 8.89. The van der Waals surface area contributed by atoms with Crippen LogP contribution in [0.4, 0.5) is 11.6 Å². The van der Waals surface area contributed by atoms with Gasteiger partial charge in [0.15, 0.2) is 11.5 Å². The van der Waals surface area contributed by atoms with Gasteiger partial charge in [-0.05, 0) is 48.5 Å². The summed E-state index contributed by atoms with van der Waals surface area (Å²) in [5.74, 6) is 1.99. The summed E-state index contributed by atoms with van der Waals surface area (Å²) in [6.07, 6.45) is 5.15. The fourth-order valence-electron chi connectivity index (χ4n) is 2.81. The summed E-state index contributed by atoms with van der Waals surface area (Å²) in [5.41, 5.74) is 3.53. The van der Waals surface area contributed by atoms with E-state index in [9.17, 15) is 0 Å². The number of rotatable bonds is 4. The molecule has 5 rings (SSSR count). The fraction of sp³-hybridized carbons (Fsp3) is 0.0526. The maximum atomic E-state index is 5.44. The van der Waals surface area contributed by atoms with Crippen LogP contribution in [0.1, 0.15) is 0 Å². The van der Waals surface area contributed by atoms with Crippen LogP contribution in [0.15, 0.2) is 67.1 Å². The van der Waals surface area contributed by atoms with Crippen molar-refractivity contribution < 1.29 is 9.47 Å². The number of hydrogen-bond acceptors (Lipinski definition) is 7. The molecule has 0 atom stereocenters. The van der Waals surface area contributed by atoms with Crippen LogP contribution in [-0.4, -0.2) is 31.8 Å². The Morgan fingerprint density at radius 3 is 2.67 bits per heavy atom. The highest BCUT2D eigenvalue weighted by atomic mass is 16.7. The highest BCUT2D eigenvalue weighted by Gasteiger charge is 2.14. The quantitative estimate of drug-likeness (QED) is 0.599. The number of aromatic nitrogens is 5. The Labute approximate surface area is 154 Å². The molecule has 1 N–H and O–H groups in total. The first-order chi connectivity index (χ1) is 13.3. The van der Waals surface area contributed by atoms with Crippen LogP contribution in [0.25, 0.3) is 16.9 Å². The van der Waals surface area contributed by atoms with Gasteiger partial charge in [0.05, 0.1) is 23.8 Å². The lowest BCUT2D eigenvalue weighted by atomic mass is 10.1. The van der Waals surface area contributed by atoms with E-state index in [1.807, 2.05) is 48.5 Å². The maximum absolute atomic E-state index is 5.44. The molecule has 1 aliphatic heterocycles. The molecule has 0 fully saturated rings. The zero-order valence-corrected chi connectivity index (χ0v) is 14.1. The van der Waals surface area contributed by atoms with Crippen molar-refractivity contribution in [2.24, 2.45) is 0 Å². The second kappa shape index (κ2) is 6.41. The average molecular weight is 358 g/mol. The maximum Gasteiger partial charge on any atom is 0.231 e. The van der Waals surface area contributed by atoms with Gasteiger partial charge in [-0.15, -0.1) is 5.10 Å². The van der Waals surface area contributed by atoms with Crippen molar-refractivity contribution in [2.75, 3.05) is 12.1 Å². The zero-order valence-electron chi connectivity index (χ0n) is 14.1. The van der Waals surface area contributed by atoms with Crippen molar-refractivity contribution >= 4 is 11.6 Å². The molecule has 3 heterocycles. The van der Waals surface area contributed by atoms with Gasteiger partial charge in [-0.3, -0.25) is 0 Å². The van der Waals surface area contributed by atoms with Gasteiger partial charge in [0.2, 0.25) is 12.7 Å². The van der Waals surface area contributed by atoms with Crippen molar-refractivity contribution in [3.05, 3.63) is 67.1 Å². The molecule has 2 aromatic carbocycles. The molecule has 0 radical (unpaired) electrons. The third-order valence-corrected chi connectivity index (χ3v) is 4.13. The Bertz CT molecular complexity index is 1080. The lowest BCUT2D eigenvalue weighted by molar-refractivity contribution is 0.174. The molecule has 0 unspecified atom stereocenters. The second-order valence-corrected chi connectivity index (χ2v) is 5.85. The van der Waals surface area contributed by atoms with Crippen molar-refractivity contribution in [1.29, 1.82) is 0 Å². The fourth-order valence-corrected chi connectivity index (χ4v) is 2.81. The van der Waals surface area contributed by atoms with E-state index in [4.69, 9.17) is 9.47 Å². The van der Waals surface area contributed by atoms with Gasteiger partial charge < -0.3 is 14.8 Å². The lowest BCUT2D eigenvalue weighted by Crippen LogP contribution is -1.99. The number of hydrogen-bond donors (Lipinski definition) is 1. The largest absolute Gasteiger partial charge is 0.454 e. The first kappa shape index (κ1) is 15.3. The summed E-state index contributed by atoms with van der Waals surface area (Å²) in [5, 5.41) is 11.0. The summed E-state index contributed by atoms with van der Waals surface area (Å²) < 4.78 is 12.5. The van der Waals surface area contributed by atoms with Gasteiger partial charge in [-0.2, -0.15) is 0 Å². The molecule has 0 bridgehead atoms. The van der Waals surface area contributed by atoms with E-state index in [0.29, 0.717) is 5.95 Å². The van der Waals surface area contributed by atoms with Crippen LogP contribution >= 0.6 is 0 Å². The van der Waals surface area contributed by atoms with E-state index in [1.54, 1.807) is 23.3 Å². The molecule has 0 saturated heterocycles. The molecule has 132 valence electrons. The summed E-state index contributed by atoms with van der Waals surface area (Å²) >= 11 is 0. The van der Waals surface area contributed by atoms with Gasteiger partial charge in [-0.25, -0.2) is 14.6 Å². The molecule has 0 aliphatic carbocycles. The number of anilines is 2. The first-order valence-electron chi connectivity index (χ1n) is 8.32. The van der Waals surface area contributed by atoms with Crippen LogP contribution in [0.3, 0.4) is 0 Å². The topological polar surface area (TPSA) is 87.0 Å². The number of nitrogens with zero attached hydrogens (tertiary/aromatic N) is 5. The number of ether oxygens (including phenoxy) is 2. The molecule has 27 heavy (non-hydrogen) atoms. The van der Waals surface area contributed by atoms with Gasteiger partial charge in [0, 0.05) is 17.4 Å². The van der Waals surface area contributed by atoms with Gasteiger partial charge in [0.25, 0.3) is 0 Å². The first-order valence-corrected chi connectivity index (χ1v) is 8.32. The minimum Gasteiger partial charge on any atom is -0.454 e. The van der Waals surface area contributed by atoms with E-state index in [0.717, 1.165) is 34.1 Å².